The van der Waals surface area contributed by atoms with Crippen LogP contribution in [0.5, 0.6) is 0 Å². The molecule has 0 amide bonds. The molecular formula is C21H26FN5. The predicted octanol–water partition coefficient (Wildman–Crippen LogP) is 4.23. The van der Waals surface area contributed by atoms with E-state index in [0.717, 1.165) is 29.8 Å². The smallest absolute Gasteiger partial charge is 0.141 e. The third-order valence-electron chi connectivity index (χ3n) is 3.77. The van der Waals surface area contributed by atoms with E-state index in [-0.39, 0.29) is 11.2 Å². The van der Waals surface area contributed by atoms with Crippen molar-refractivity contribution in [1.29, 1.82) is 0 Å². The summed E-state index contributed by atoms with van der Waals surface area (Å²) in [5.74, 6) is 0.474. The number of aryl methyl sites for hydroxylation is 1. The Labute approximate surface area is 160 Å². The van der Waals surface area contributed by atoms with Crippen molar-refractivity contribution >= 4 is 5.71 Å². The number of pyridine rings is 1. The van der Waals surface area contributed by atoms with E-state index in [2.05, 4.69) is 52.8 Å². The molecule has 27 heavy (non-hydrogen) atoms. The second-order valence-corrected chi connectivity index (χ2v) is 7.40. The number of halogens is 1. The van der Waals surface area contributed by atoms with Gasteiger partial charge in [0.1, 0.15) is 11.6 Å². The third-order valence-corrected chi connectivity index (χ3v) is 3.77. The van der Waals surface area contributed by atoms with Crippen LogP contribution in [0.25, 0.3) is 0 Å². The zero-order valence-electron chi connectivity index (χ0n) is 16.1. The van der Waals surface area contributed by atoms with Gasteiger partial charge >= 0.3 is 0 Å². The normalized spacial score (nSPS) is 12.4. The first-order chi connectivity index (χ1) is 12.9. The molecule has 5 nitrogen and oxygen atoms in total. The van der Waals surface area contributed by atoms with Crippen molar-refractivity contribution in [2.24, 2.45) is 10.5 Å². The molecule has 0 unspecified atom stereocenters. The quantitative estimate of drug-likeness (QED) is 0.560. The summed E-state index contributed by atoms with van der Waals surface area (Å²) in [6.45, 7) is 10.2. The van der Waals surface area contributed by atoms with Crippen molar-refractivity contribution in [2.75, 3.05) is 0 Å². The number of nitrogens with one attached hydrogen (secondary N) is 1. The molecule has 0 bridgehead atoms. The van der Waals surface area contributed by atoms with E-state index in [1.807, 2.05) is 12.2 Å². The molecule has 1 N–H and O–H groups in total. The van der Waals surface area contributed by atoms with Crippen LogP contribution in [0, 0.1) is 11.2 Å². The van der Waals surface area contributed by atoms with Gasteiger partial charge in [0, 0.05) is 36.8 Å². The molecule has 0 saturated carbocycles. The Morgan fingerprint density at radius 1 is 1.22 bits per heavy atom. The lowest BCUT2D eigenvalue weighted by Crippen LogP contribution is -2.10. The van der Waals surface area contributed by atoms with Crippen molar-refractivity contribution in [3.8, 4) is 0 Å². The Kier molecular flexibility index (Phi) is 7.34. The van der Waals surface area contributed by atoms with Gasteiger partial charge in [-0.05, 0) is 36.0 Å². The Bertz CT molecular complexity index is 804. The summed E-state index contributed by atoms with van der Waals surface area (Å²) in [7, 11) is 0. The molecule has 0 aromatic carbocycles. The lowest BCUT2D eigenvalue weighted by molar-refractivity contribution is 0.374. The van der Waals surface area contributed by atoms with Crippen LogP contribution >= 0.6 is 0 Å². The van der Waals surface area contributed by atoms with Gasteiger partial charge in [0.15, 0.2) is 0 Å². The Morgan fingerprint density at radius 3 is 2.59 bits per heavy atom. The van der Waals surface area contributed by atoms with Crippen LogP contribution in [0.3, 0.4) is 0 Å². The van der Waals surface area contributed by atoms with Crippen LogP contribution in [0.15, 0.2) is 60.9 Å². The second kappa shape index (κ2) is 9.71. The summed E-state index contributed by atoms with van der Waals surface area (Å²) in [6, 6.07) is 1.46. The van der Waals surface area contributed by atoms with E-state index in [1.165, 1.54) is 18.5 Å². The van der Waals surface area contributed by atoms with Gasteiger partial charge in [-0.3, -0.25) is 10.4 Å². The first-order valence-corrected chi connectivity index (χ1v) is 8.89. The predicted molar refractivity (Wildman–Crippen MR) is 107 cm³/mol. The highest BCUT2D eigenvalue weighted by Crippen LogP contribution is 2.20. The van der Waals surface area contributed by atoms with Gasteiger partial charge < -0.3 is 0 Å². The molecule has 0 aliphatic rings. The second-order valence-electron chi connectivity index (χ2n) is 7.40. The summed E-state index contributed by atoms with van der Waals surface area (Å²) < 4.78 is 13.2. The van der Waals surface area contributed by atoms with Crippen molar-refractivity contribution in [3.05, 3.63) is 78.6 Å². The lowest BCUT2D eigenvalue weighted by Gasteiger charge is -2.16. The van der Waals surface area contributed by atoms with Gasteiger partial charge in [-0.1, -0.05) is 33.4 Å². The van der Waals surface area contributed by atoms with Crippen molar-refractivity contribution in [2.45, 2.75) is 40.0 Å². The fourth-order valence-electron chi connectivity index (χ4n) is 2.29. The van der Waals surface area contributed by atoms with Crippen molar-refractivity contribution in [1.82, 2.24) is 20.4 Å². The summed E-state index contributed by atoms with van der Waals surface area (Å²) in [4.78, 5) is 12.7. The maximum absolute atomic E-state index is 13.2. The number of hydrazone groups is 1. The number of rotatable bonds is 8. The number of nitrogens with zero attached hydrogens (tertiary/aromatic N) is 4. The van der Waals surface area contributed by atoms with Crippen LogP contribution in [-0.2, 0) is 12.8 Å². The summed E-state index contributed by atoms with van der Waals surface area (Å²) >= 11 is 0. The first kappa shape index (κ1) is 20.4. The zero-order chi connectivity index (χ0) is 19.7. The van der Waals surface area contributed by atoms with E-state index in [9.17, 15) is 4.39 Å². The van der Waals surface area contributed by atoms with Gasteiger partial charge in [0.2, 0.25) is 0 Å². The summed E-state index contributed by atoms with van der Waals surface area (Å²) in [5, 5.41) is 4.27. The van der Waals surface area contributed by atoms with Crippen LogP contribution in [0.1, 0.15) is 44.1 Å². The highest BCUT2D eigenvalue weighted by molar-refractivity contribution is 6.08. The minimum Gasteiger partial charge on any atom is -0.286 e. The standard InChI is InChI=1S/C21H26FN5/c1-5-26-27-19(8-6-7-16-11-18(22)15-23-12-16)17-13-24-20(25-14-17)9-10-21(2,3)4/h5-6,8,11-15,26H,1,7,9-10H2,2-4H3/b8-6-,27-19+. The molecule has 0 atom stereocenters. The van der Waals surface area contributed by atoms with Crippen LogP contribution in [0.2, 0.25) is 0 Å². The Hall–Kier alpha value is -2.89. The van der Waals surface area contributed by atoms with E-state index in [4.69, 9.17) is 0 Å². The number of hydrogen-bond acceptors (Lipinski definition) is 5. The van der Waals surface area contributed by atoms with E-state index < -0.39 is 0 Å². The molecule has 6 heteroatoms. The summed E-state index contributed by atoms with van der Waals surface area (Å²) in [6.07, 6.45) is 14.0. The molecule has 142 valence electrons. The fourth-order valence-corrected chi connectivity index (χ4v) is 2.29. The van der Waals surface area contributed by atoms with Gasteiger partial charge in [0.05, 0.1) is 11.9 Å². The average Bonchev–Trinajstić information content (AvgIpc) is 2.63. The Morgan fingerprint density at radius 2 is 1.96 bits per heavy atom. The van der Waals surface area contributed by atoms with E-state index >= 15 is 0 Å². The highest BCUT2D eigenvalue weighted by Gasteiger charge is 2.11. The van der Waals surface area contributed by atoms with E-state index in [0.29, 0.717) is 12.1 Å². The molecule has 2 heterocycles. The van der Waals surface area contributed by atoms with Crippen LogP contribution in [0.4, 0.5) is 4.39 Å². The zero-order valence-corrected chi connectivity index (χ0v) is 16.1. The van der Waals surface area contributed by atoms with Crippen molar-refractivity contribution < 1.29 is 4.39 Å². The SMILES string of the molecule is C=CN/N=C(\C=C/Cc1cncc(F)c1)c1cnc(CCC(C)(C)C)nc1. The molecule has 2 aromatic rings. The van der Waals surface area contributed by atoms with Gasteiger partial charge in [0.25, 0.3) is 0 Å². The minimum atomic E-state index is -0.345. The maximum Gasteiger partial charge on any atom is 0.141 e. The number of hydrogen-bond donors (Lipinski definition) is 1. The highest BCUT2D eigenvalue weighted by atomic mass is 19.1. The van der Waals surface area contributed by atoms with E-state index in [1.54, 1.807) is 18.6 Å². The van der Waals surface area contributed by atoms with Crippen LogP contribution < -0.4 is 5.43 Å². The fraction of sp³-hybridized carbons (Fsp3) is 0.333. The molecule has 0 saturated heterocycles. The molecule has 2 aromatic heterocycles. The number of aromatic nitrogens is 3. The first-order valence-electron chi connectivity index (χ1n) is 8.89. The minimum absolute atomic E-state index is 0.247. The largest absolute Gasteiger partial charge is 0.286 e. The lowest BCUT2D eigenvalue weighted by atomic mass is 9.90. The van der Waals surface area contributed by atoms with Crippen LogP contribution in [-0.4, -0.2) is 20.7 Å². The maximum atomic E-state index is 13.2. The molecule has 0 spiro atoms. The van der Waals surface area contributed by atoms with Crippen molar-refractivity contribution in [3.63, 3.8) is 0 Å². The van der Waals surface area contributed by atoms with Gasteiger partial charge in [-0.15, -0.1) is 0 Å². The monoisotopic (exact) mass is 367 g/mol. The summed E-state index contributed by atoms with van der Waals surface area (Å²) in [5.41, 5.74) is 5.23. The molecule has 0 fully saturated rings. The molecule has 0 aliphatic heterocycles. The molecule has 2 rings (SSSR count). The van der Waals surface area contributed by atoms with Gasteiger partial charge in [-0.2, -0.15) is 5.10 Å². The molecular weight excluding hydrogens is 341 g/mol. The topological polar surface area (TPSA) is 63.1 Å². The molecule has 0 radical (unpaired) electrons. The number of allylic oxidation sites excluding steroid dienone is 2. The third kappa shape index (κ3) is 7.48. The Balaban J connectivity index is 2.09. The average molecular weight is 367 g/mol. The molecule has 0 aliphatic carbocycles. The van der Waals surface area contributed by atoms with Gasteiger partial charge in [-0.25, -0.2) is 14.4 Å².